The Kier molecular flexibility index (Phi) is 10.5. The molecule has 1 N–H and O–H groups in total. The highest BCUT2D eigenvalue weighted by Crippen LogP contribution is 2.34. The number of amides is 3. The first-order valence-electron chi connectivity index (χ1n) is 15.1. The van der Waals surface area contributed by atoms with Crippen molar-refractivity contribution in [3.63, 3.8) is 0 Å². The number of carbonyl (C=O) groups excluding carboxylic acids is 2. The molecular formula is C33H34F4N6O3S. The number of halogens is 4. The molecule has 1 aliphatic carbocycles. The van der Waals surface area contributed by atoms with E-state index in [1.807, 2.05) is 26.0 Å². The molecule has 2 aliphatic rings. The van der Waals surface area contributed by atoms with Gasteiger partial charge < -0.3 is 10.1 Å². The number of carbonyl (C=O) groups is 2. The molecular weight excluding hydrogens is 636 g/mol. The van der Waals surface area contributed by atoms with Crippen LogP contribution in [-0.2, 0) is 4.79 Å². The van der Waals surface area contributed by atoms with Gasteiger partial charge in [-0.15, -0.1) is 13.2 Å². The average Bonchev–Trinajstić information content (AvgIpc) is 3.64. The van der Waals surface area contributed by atoms with E-state index in [0.717, 1.165) is 18.4 Å². The highest BCUT2D eigenvalue weighted by Gasteiger charge is 2.33. The number of nitrogens with one attached hydrogen (secondary N) is 1. The number of aliphatic imine (C=N–C) groups is 1. The van der Waals surface area contributed by atoms with Gasteiger partial charge in [0.2, 0.25) is 5.91 Å². The fraction of sp³-hybridized carbons (Fsp3) is 0.364. The fourth-order valence-electron chi connectivity index (χ4n) is 5.31. The molecule has 1 fully saturated rings. The predicted octanol–water partition coefficient (Wildman–Crippen LogP) is 7.66. The van der Waals surface area contributed by atoms with E-state index in [0.29, 0.717) is 35.7 Å². The Morgan fingerprint density at radius 1 is 1.17 bits per heavy atom. The van der Waals surface area contributed by atoms with E-state index >= 15 is 0 Å². The molecule has 2 atom stereocenters. The molecule has 47 heavy (non-hydrogen) atoms. The van der Waals surface area contributed by atoms with Crippen molar-refractivity contribution in [1.82, 2.24) is 20.1 Å². The first kappa shape index (κ1) is 33.9. The molecule has 2 aromatic carbocycles. The van der Waals surface area contributed by atoms with Gasteiger partial charge in [0.05, 0.1) is 17.1 Å². The van der Waals surface area contributed by atoms with Crippen molar-refractivity contribution < 1.29 is 31.9 Å². The van der Waals surface area contributed by atoms with E-state index in [-0.39, 0.29) is 46.1 Å². The molecule has 0 spiro atoms. The van der Waals surface area contributed by atoms with E-state index in [1.165, 1.54) is 64.1 Å². The zero-order chi connectivity index (χ0) is 33.7. The molecule has 5 rings (SSSR count). The van der Waals surface area contributed by atoms with Gasteiger partial charge in [-0.25, -0.2) is 18.9 Å². The quantitative estimate of drug-likeness (QED) is 0.222. The number of ether oxygens (including phenoxy) is 1. The third-order valence-electron chi connectivity index (χ3n) is 7.67. The Bertz CT molecular complexity index is 1700. The van der Waals surface area contributed by atoms with Crippen molar-refractivity contribution in [1.29, 1.82) is 0 Å². The van der Waals surface area contributed by atoms with Gasteiger partial charge in [0, 0.05) is 12.5 Å². The van der Waals surface area contributed by atoms with Crippen LogP contribution in [0.3, 0.4) is 0 Å². The molecule has 2 heterocycles. The molecule has 9 nitrogen and oxygen atoms in total. The van der Waals surface area contributed by atoms with Gasteiger partial charge in [-0.1, -0.05) is 56.3 Å². The van der Waals surface area contributed by atoms with Gasteiger partial charge >= 0.3 is 12.4 Å². The van der Waals surface area contributed by atoms with E-state index in [4.69, 9.17) is 0 Å². The van der Waals surface area contributed by atoms with E-state index in [9.17, 15) is 27.2 Å². The lowest BCUT2D eigenvalue weighted by Crippen LogP contribution is -2.32. The van der Waals surface area contributed by atoms with Crippen molar-refractivity contribution in [3.8, 4) is 11.4 Å². The van der Waals surface area contributed by atoms with Crippen LogP contribution in [0.25, 0.3) is 5.69 Å². The molecule has 0 radical (unpaired) electrons. The van der Waals surface area contributed by atoms with Crippen LogP contribution in [0.15, 0.2) is 77.6 Å². The SMILES string of the molecule is CC(CCNC(=O)/N=C1\SCC(=O)N1c1ccc(F)cc1C(C)C)CC1=CCC(c2ncn(-c3ccc(OC(F)(F)F)cc3)n2)C=C1. The number of allylic oxidation sites excluding steroid dienone is 4. The largest absolute Gasteiger partial charge is 0.573 e. The Hall–Kier alpha value is -4.46. The molecule has 2 unspecified atom stereocenters. The number of rotatable bonds is 10. The fourth-order valence-corrected chi connectivity index (χ4v) is 6.17. The lowest BCUT2D eigenvalue weighted by Gasteiger charge is -2.21. The van der Waals surface area contributed by atoms with Crippen molar-refractivity contribution in [2.75, 3.05) is 17.2 Å². The highest BCUT2D eigenvalue weighted by atomic mass is 32.2. The second kappa shape index (κ2) is 14.5. The van der Waals surface area contributed by atoms with Crippen LogP contribution in [0.4, 0.5) is 28.0 Å². The van der Waals surface area contributed by atoms with Crippen LogP contribution in [0.5, 0.6) is 5.75 Å². The first-order chi connectivity index (χ1) is 22.4. The third kappa shape index (κ3) is 8.88. The zero-order valence-corrected chi connectivity index (χ0v) is 26.8. The summed E-state index contributed by atoms with van der Waals surface area (Å²) in [6.45, 7) is 6.33. The highest BCUT2D eigenvalue weighted by molar-refractivity contribution is 8.15. The Balaban J connectivity index is 1.09. The third-order valence-corrected chi connectivity index (χ3v) is 8.59. The minimum Gasteiger partial charge on any atom is -0.406 e. The van der Waals surface area contributed by atoms with Gasteiger partial charge in [0.1, 0.15) is 17.9 Å². The number of nitrogens with zero attached hydrogens (tertiary/aromatic N) is 5. The topological polar surface area (TPSA) is 102 Å². The van der Waals surface area contributed by atoms with Crippen LogP contribution in [0.2, 0.25) is 0 Å². The molecule has 1 aliphatic heterocycles. The summed E-state index contributed by atoms with van der Waals surface area (Å²) in [6, 6.07) is 9.12. The predicted molar refractivity (Wildman–Crippen MR) is 172 cm³/mol. The van der Waals surface area contributed by atoms with Crippen molar-refractivity contribution in [2.24, 2.45) is 10.9 Å². The van der Waals surface area contributed by atoms with E-state index in [2.05, 4.69) is 38.1 Å². The summed E-state index contributed by atoms with van der Waals surface area (Å²) in [6.07, 6.45) is 5.22. The van der Waals surface area contributed by atoms with Gasteiger partial charge in [-0.05, 0) is 79.1 Å². The van der Waals surface area contributed by atoms with Gasteiger partial charge in [-0.2, -0.15) is 10.1 Å². The number of urea groups is 1. The maximum absolute atomic E-state index is 13.9. The number of thioether (sulfide) groups is 1. The lowest BCUT2D eigenvalue weighted by molar-refractivity contribution is -0.274. The zero-order valence-electron chi connectivity index (χ0n) is 26.0. The summed E-state index contributed by atoms with van der Waals surface area (Å²) in [7, 11) is 0. The summed E-state index contributed by atoms with van der Waals surface area (Å²) in [5, 5.41) is 7.59. The maximum Gasteiger partial charge on any atom is 0.573 e. The second-order valence-electron chi connectivity index (χ2n) is 11.7. The van der Waals surface area contributed by atoms with E-state index < -0.39 is 12.4 Å². The molecule has 3 amide bonds. The number of alkyl halides is 3. The molecule has 3 aromatic rings. The van der Waals surface area contributed by atoms with Crippen molar-refractivity contribution in [2.45, 2.75) is 58.2 Å². The Morgan fingerprint density at radius 2 is 1.94 bits per heavy atom. The molecule has 14 heteroatoms. The molecule has 1 saturated heterocycles. The van der Waals surface area contributed by atoms with Crippen molar-refractivity contribution >= 4 is 34.6 Å². The van der Waals surface area contributed by atoms with Crippen LogP contribution in [0.1, 0.15) is 63.3 Å². The number of anilines is 1. The van der Waals surface area contributed by atoms with E-state index in [1.54, 1.807) is 6.07 Å². The Morgan fingerprint density at radius 3 is 2.62 bits per heavy atom. The normalized spacial score (nSPS) is 18.2. The summed E-state index contributed by atoms with van der Waals surface area (Å²) in [5.41, 5.74) is 2.92. The number of amidine groups is 1. The van der Waals surface area contributed by atoms with Gasteiger partial charge in [0.25, 0.3) is 0 Å². The first-order valence-corrected chi connectivity index (χ1v) is 16.1. The summed E-state index contributed by atoms with van der Waals surface area (Å²) in [5.74, 6) is 0.0431. The number of hydrogen-bond donors (Lipinski definition) is 1. The second-order valence-corrected chi connectivity index (χ2v) is 12.6. The minimum atomic E-state index is -4.75. The molecule has 248 valence electrons. The summed E-state index contributed by atoms with van der Waals surface area (Å²) in [4.78, 5) is 35.3. The van der Waals surface area contributed by atoms with Crippen LogP contribution >= 0.6 is 11.8 Å². The maximum atomic E-state index is 13.9. The van der Waals surface area contributed by atoms with Gasteiger partial charge in [0.15, 0.2) is 11.0 Å². The van der Waals surface area contributed by atoms with Gasteiger partial charge in [-0.3, -0.25) is 9.69 Å². The van der Waals surface area contributed by atoms with Crippen LogP contribution < -0.4 is 15.0 Å². The summed E-state index contributed by atoms with van der Waals surface area (Å²) < 4.78 is 56.6. The minimum absolute atomic E-state index is 0.0320. The molecule has 0 bridgehead atoms. The molecule has 1 aromatic heterocycles. The number of aromatic nitrogens is 3. The number of hydrogen-bond acceptors (Lipinski definition) is 6. The van der Waals surface area contributed by atoms with Crippen LogP contribution in [0, 0.1) is 11.7 Å². The smallest absolute Gasteiger partial charge is 0.406 e. The monoisotopic (exact) mass is 670 g/mol. The Labute approximate surface area is 273 Å². The summed E-state index contributed by atoms with van der Waals surface area (Å²) >= 11 is 1.18. The van der Waals surface area contributed by atoms with Crippen LogP contribution in [-0.4, -0.2) is 50.5 Å². The lowest BCUT2D eigenvalue weighted by atomic mass is 9.90. The molecule has 0 saturated carbocycles. The van der Waals surface area contributed by atoms with Crippen molar-refractivity contribution in [3.05, 3.63) is 89.8 Å². The standard InChI is InChI=1S/C33H34F4N6O3S/c1-20(2)27-17-24(34)8-13-28(27)43-29(44)18-47-32(43)40-31(45)38-15-14-21(3)16-22-4-6-23(7-5-22)30-39-19-42(41-30)25-9-11-26(12-10-25)46-33(35,36)37/h4-6,8-13,17,19-21,23H,7,14-16,18H2,1-3H3,(H,38,45)/b40-32-. The average molecular weight is 671 g/mol. The number of benzene rings is 2.